The summed E-state index contributed by atoms with van der Waals surface area (Å²) in [6.07, 6.45) is 0.666. The van der Waals surface area contributed by atoms with Gasteiger partial charge in [0.25, 0.3) is 0 Å². The van der Waals surface area contributed by atoms with E-state index in [2.05, 4.69) is 4.90 Å². The molecular weight excluding hydrogens is 424 g/mol. The van der Waals surface area contributed by atoms with Gasteiger partial charge >= 0.3 is 12.1 Å². The van der Waals surface area contributed by atoms with Crippen LogP contribution in [0.25, 0.3) is 0 Å². The molecule has 176 valence electrons. The van der Waals surface area contributed by atoms with Crippen LogP contribution >= 0.6 is 0 Å². The van der Waals surface area contributed by atoms with Gasteiger partial charge in [0.1, 0.15) is 6.10 Å². The summed E-state index contributed by atoms with van der Waals surface area (Å²) in [4.78, 5) is 28.9. The van der Waals surface area contributed by atoms with E-state index in [1.165, 1.54) is 18.2 Å². The Bertz CT molecular complexity index is 996. The number of carbonyl (C=O) groups excluding carboxylic acids is 2. The Hall–Kier alpha value is -3.26. The summed E-state index contributed by atoms with van der Waals surface area (Å²) in [5, 5.41) is 0. The summed E-state index contributed by atoms with van der Waals surface area (Å²) in [5.74, 6) is 1.04. The lowest BCUT2D eigenvalue weighted by Crippen LogP contribution is -2.57. The van der Waals surface area contributed by atoms with E-state index in [-0.39, 0.29) is 12.0 Å². The molecule has 0 aliphatic carbocycles. The van der Waals surface area contributed by atoms with E-state index < -0.39 is 12.2 Å². The summed E-state index contributed by atoms with van der Waals surface area (Å²) in [6.45, 7) is 2.37. The number of ether oxygens (including phenoxy) is 4. The number of methoxy groups -OCH3 is 3. The second-order valence-corrected chi connectivity index (χ2v) is 8.28. The standard InChI is InChI=1S/C25H30N2O6/c1-30-21-13-18-9-11-26(15-19(18)14-22(21)31-2)20-10-12-27(25(29)32-3)16-23(20)33-24(28)17-7-5-4-6-8-17/h4-8,13-14,20,23H,9-12,15-16H2,1-3H3/t20-,23-/m0/s1. The van der Waals surface area contributed by atoms with Gasteiger partial charge in [-0.2, -0.15) is 0 Å². The number of carbonyl (C=O) groups is 2. The molecule has 2 aliphatic heterocycles. The Morgan fingerprint density at radius 3 is 2.30 bits per heavy atom. The minimum Gasteiger partial charge on any atom is -0.493 e. The van der Waals surface area contributed by atoms with Crippen LogP contribution in [0.5, 0.6) is 11.5 Å². The summed E-state index contributed by atoms with van der Waals surface area (Å²) in [5.41, 5.74) is 2.89. The number of benzene rings is 2. The number of amides is 1. The fraction of sp³-hybridized carbons (Fsp3) is 0.440. The number of hydrogen-bond donors (Lipinski definition) is 0. The average Bonchev–Trinajstić information content (AvgIpc) is 2.87. The van der Waals surface area contributed by atoms with E-state index in [1.807, 2.05) is 18.2 Å². The van der Waals surface area contributed by atoms with Gasteiger partial charge in [-0.3, -0.25) is 4.90 Å². The van der Waals surface area contributed by atoms with Crippen LogP contribution in [0.15, 0.2) is 42.5 Å². The summed E-state index contributed by atoms with van der Waals surface area (Å²) < 4.78 is 21.8. The Morgan fingerprint density at radius 2 is 1.64 bits per heavy atom. The highest BCUT2D eigenvalue weighted by molar-refractivity contribution is 5.89. The van der Waals surface area contributed by atoms with Gasteiger partial charge in [-0.1, -0.05) is 18.2 Å². The third-order valence-corrected chi connectivity index (χ3v) is 6.44. The quantitative estimate of drug-likeness (QED) is 0.643. The molecule has 2 aromatic rings. The fourth-order valence-electron chi connectivity index (χ4n) is 4.70. The van der Waals surface area contributed by atoms with Crippen molar-refractivity contribution in [3.8, 4) is 11.5 Å². The molecule has 0 aromatic heterocycles. The predicted molar refractivity (Wildman–Crippen MR) is 122 cm³/mol. The van der Waals surface area contributed by atoms with Crippen molar-refractivity contribution in [2.24, 2.45) is 0 Å². The van der Waals surface area contributed by atoms with Crippen molar-refractivity contribution in [1.82, 2.24) is 9.80 Å². The van der Waals surface area contributed by atoms with Crippen molar-refractivity contribution in [1.29, 1.82) is 0 Å². The first-order valence-electron chi connectivity index (χ1n) is 11.1. The third kappa shape index (κ3) is 4.90. The molecule has 1 saturated heterocycles. The Balaban J connectivity index is 1.55. The zero-order valence-electron chi connectivity index (χ0n) is 19.3. The Morgan fingerprint density at radius 1 is 0.939 bits per heavy atom. The Kier molecular flexibility index (Phi) is 7.03. The van der Waals surface area contributed by atoms with E-state index in [0.717, 1.165) is 18.7 Å². The van der Waals surface area contributed by atoms with Crippen molar-refractivity contribution in [2.45, 2.75) is 31.5 Å². The van der Waals surface area contributed by atoms with Crippen molar-refractivity contribution < 1.29 is 28.5 Å². The first-order chi connectivity index (χ1) is 16.0. The number of esters is 1. The highest BCUT2D eigenvalue weighted by Gasteiger charge is 2.39. The third-order valence-electron chi connectivity index (χ3n) is 6.44. The smallest absolute Gasteiger partial charge is 0.409 e. The average molecular weight is 455 g/mol. The molecule has 0 saturated carbocycles. The van der Waals surface area contributed by atoms with Crippen LogP contribution in [0, 0.1) is 0 Å². The van der Waals surface area contributed by atoms with Gasteiger partial charge in [0.2, 0.25) is 0 Å². The number of piperidine rings is 1. The SMILES string of the molecule is COC(=O)N1CC[C@H](N2CCc3cc(OC)c(OC)cc3C2)[C@@H](OC(=O)c2ccccc2)C1. The van der Waals surface area contributed by atoms with Crippen LogP contribution in [0.1, 0.15) is 27.9 Å². The number of fused-ring (bicyclic) bond motifs is 1. The first kappa shape index (κ1) is 22.9. The van der Waals surface area contributed by atoms with Crippen LogP contribution in [0.4, 0.5) is 4.79 Å². The second-order valence-electron chi connectivity index (χ2n) is 8.28. The van der Waals surface area contributed by atoms with E-state index >= 15 is 0 Å². The molecule has 4 rings (SSSR count). The van der Waals surface area contributed by atoms with E-state index in [9.17, 15) is 9.59 Å². The molecular formula is C25H30N2O6. The highest BCUT2D eigenvalue weighted by atomic mass is 16.6. The van der Waals surface area contributed by atoms with Crippen LogP contribution in [-0.4, -0.2) is 75.0 Å². The van der Waals surface area contributed by atoms with Crippen LogP contribution < -0.4 is 9.47 Å². The van der Waals surface area contributed by atoms with Crippen molar-refractivity contribution in [3.05, 3.63) is 59.2 Å². The number of nitrogens with zero attached hydrogens (tertiary/aromatic N) is 2. The van der Waals surface area contributed by atoms with E-state index in [4.69, 9.17) is 18.9 Å². The van der Waals surface area contributed by atoms with Crippen LogP contribution in [0.3, 0.4) is 0 Å². The molecule has 0 bridgehead atoms. The number of rotatable bonds is 5. The molecule has 0 spiro atoms. The largest absolute Gasteiger partial charge is 0.493 e. The minimum atomic E-state index is -0.466. The lowest BCUT2D eigenvalue weighted by molar-refractivity contribution is -0.0383. The van der Waals surface area contributed by atoms with E-state index in [0.29, 0.717) is 37.4 Å². The van der Waals surface area contributed by atoms with Gasteiger partial charge in [0.15, 0.2) is 11.5 Å². The van der Waals surface area contributed by atoms with Gasteiger partial charge in [0, 0.05) is 19.6 Å². The van der Waals surface area contributed by atoms with Crippen molar-refractivity contribution in [2.75, 3.05) is 41.0 Å². The zero-order chi connectivity index (χ0) is 23.4. The molecule has 8 nitrogen and oxygen atoms in total. The molecule has 2 atom stereocenters. The summed E-state index contributed by atoms with van der Waals surface area (Å²) >= 11 is 0. The molecule has 33 heavy (non-hydrogen) atoms. The molecule has 2 aliphatic rings. The zero-order valence-corrected chi connectivity index (χ0v) is 19.3. The fourth-order valence-corrected chi connectivity index (χ4v) is 4.70. The summed E-state index contributed by atoms with van der Waals surface area (Å²) in [7, 11) is 4.63. The molecule has 1 fully saturated rings. The second kappa shape index (κ2) is 10.1. The van der Waals surface area contributed by atoms with Gasteiger partial charge < -0.3 is 23.8 Å². The molecule has 2 heterocycles. The molecule has 0 N–H and O–H groups in total. The Labute approximate surface area is 194 Å². The molecule has 8 heteroatoms. The molecule has 0 radical (unpaired) electrons. The topological polar surface area (TPSA) is 77.5 Å². The first-order valence-corrected chi connectivity index (χ1v) is 11.1. The maximum Gasteiger partial charge on any atom is 0.409 e. The number of likely N-dealkylation sites (tertiary alicyclic amines) is 1. The normalized spacial score (nSPS) is 20.5. The van der Waals surface area contributed by atoms with Gasteiger partial charge in [0.05, 0.1) is 39.5 Å². The van der Waals surface area contributed by atoms with Gasteiger partial charge in [-0.15, -0.1) is 0 Å². The lowest BCUT2D eigenvalue weighted by atomic mass is 9.93. The highest BCUT2D eigenvalue weighted by Crippen LogP contribution is 2.35. The van der Waals surface area contributed by atoms with Gasteiger partial charge in [-0.05, 0) is 48.2 Å². The molecule has 1 amide bonds. The van der Waals surface area contributed by atoms with Crippen LogP contribution in [-0.2, 0) is 22.4 Å². The van der Waals surface area contributed by atoms with Crippen molar-refractivity contribution in [3.63, 3.8) is 0 Å². The number of hydrogen-bond acceptors (Lipinski definition) is 7. The maximum absolute atomic E-state index is 12.8. The van der Waals surface area contributed by atoms with Gasteiger partial charge in [-0.25, -0.2) is 9.59 Å². The molecule has 2 aromatic carbocycles. The predicted octanol–water partition coefficient (Wildman–Crippen LogP) is 3.13. The molecule has 0 unspecified atom stereocenters. The minimum absolute atomic E-state index is 0.0141. The van der Waals surface area contributed by atoms with Crippen molar-refractivity contribution >= 4 is 12.1 Å². The van der Waals surface area contributed by atoms with Crippen LogP contribution in [0.2, 0.25) is 0 Å². The van der Waals surface area contributed by atoms with E-state index in [1.54, 1.807) is 43.4 Å². The monoisotopic (exact) mass is 454 g/mol. The lowest BCUT2D eigenvalue weighted by Gasteiger charge is -2.44. The maximum atomic E-state index is 12.8. The summed E-state index contributed by atoms with van der Waals surface area (Å²) in [6, 6.07) is 13.0.